The first-order valence-corrected chi connectivity index (χ1v) is 5.10. The van der Waals surface area contributed by atoms with Crippen molar-refractivity contribution in [1.82, 2.24) is 0 Å². The van der Waals surface area contributed by atoms with Gasteiger partial charge in [0.05, 0.1) is 13.2 Å². The van der Waals surface area contributed by atoms with Crippen molar-refractivity contribution in [3.05, 3.63) is 0 Å². The molecule has 15 heavy (non-hydrogen) atoms. The van der Waals surface area contributed by atoms with E-state index in [0.717, 1.165) is 0 Å². The predicted molar refractivity (Wildman–Crippen MR) is 47.4 cm³/mol. The molecule has 0 aliphatic carbocycles. The first-order chi connectivity index (χ1) is 6.76. The fourth-order valence-corrected chi connectivity index (χ4v) is 0.968. The summed E-state index contributed by atoms with van der Waals surface area (Å²) in [5, 5.41) is 14.8. The maximum atomic E-state index is 10.4. The van der Waals surface area contributed by atoms with Crippen molar-refractivity contribution in [2.45, 2.75) is 13.8 Å². The third-order valence-electron chi connectivity index (χ3n) is 0.707. The molecule has 0 saturated carbocycles. The largest absolute Gasteiger partial charge is 0.473 e. The van der Waals surface area contributed by atoms with Gasteiger partial charge in [-0.3, -0.25) is 0 Å². The summed E-state index contributed by atoms with van der Waals surface area (Å²) in [6.45, 7) is 3.39. The van der Waals surface area contributed by atoms with Crippen LogP contribution in [-0.2, 0) is 28.4 Å². The Kier molecular flexibility index (Phi) is 8.82. The van der Waals surface area contributed by atoms with E-state index in [1.54, 1.807) is 13.8 Å². The minimum Gasteiger partial charge on any atom is -0.473 e. The Morgan fingerprint density at radius 2 is 1.27 bits per heavy atom. The average Bonchev–Trinajstić information content (AvgIpc) is 2.04. The molecular weight excluding hydrogens is 232 g/mol. The molecule has 0 bridgehead atoms. The first-order valence-electron chi connectivity index (χ1n) is 3.76. The predicted octanol–water partition coefficient (Wildman–Crippen LogP) is -0.540. The van der Waals surface area contributed by atoms with Crippen LogP contribution in [-0.4, -0.2) is 43.8 Å². The van der Waals surface area contributed by atoms with E-state index < -0.39 is 22.3 Å². The van der Waals surface area contributed by atoms with Crippen LogP contribution in [0.1, 0.15) is 13.8 Å². The van der Waals surface area contributed by atoms with Crippen LogP contribution in [0, 0.1) is 0 Å². The Bertz CT molecular complexity index is 268. The normalized spacial score (nSPS) is 10.0. The van der Waals surface area contributed by atoms with Crippen molar-refractivity contribution in [2.75, 3.05) is 13.2 Å². The molecular formula is C6H12O8S. The second-order valence-electron chi connectivity index (χ2n) is 1.83. The van der Waals surface area contributed by atoms with Crippen molar-refractivity contribution < 1.29 is 36.6 Å². The van der Waals surface area contributed by atoms with Crippen LogP contribution in [0.5, 0.6) is 0 Å². The van der Waals surface area contributed by atoms with Crippen LogP contribution in [0.4, 0.5) is 0 Å². The smallest absolute Gasteiger partial charge is 0.414 e. The molecule has 0 unspecified atom stereocenters. The fraction of sp³-hybridized carbons (Fsp3) is 0.667. The van der Waals surface area contributed by atoms with Crippen LogP contribution in [0.25, 0.3) is 0 Å². The fourth-order valence-electron chi connectivity index (χ4n) is 0.323. The number of carboxylic acids is 2. The number of rotatable bonds is 4. The minimum atomic E-state index is -3.68. The van der Waals surface area contributed by atoms with E-state index in [4.69, 9.17) is 19.8 Å². The highest BCUT2D eigenvalue weighted by atomic mass is 32.3. The van der Waals surface area contributed by atoms with E-state index in [9.17, 15) is 8.42 Å². The molecule has 8 nitrogen and oxygen atoms in total. The molecule has 0 amide bonds. The van der Waals surface area contributed by atoms with Crippen molar-refractivity contribution in [2.24, 2.45) is 0 Å². The van der Waals surface area contributed by atoms with Gasteiger partial charge >= 0.3 is 22.3 Å². The van der Waals surface area contributed by atoms with Crippen LogP contribution in [0.15, 0.2) is 0 Å². The SMILES string of the molecule is CCOS(=O)(=O)OCC.O=C(O)C(=O)O. The van der Waals surface area contributed by atoms with Gasteiger partial charge in [-0.1, -0.05) is 0 Å². The number of aliphatic carboxylic acids is 2. The number of carboxylic acid groups (broad SMARTS) is 2. The molecule has 90 valence electrons. The molecule has 0 aromatic carbocycles. The monoisotopic (exact) mass is 244 g/mol. The van der Waals surface area contributed by atoms with E-state index in [0.29, 0.717) is 0 Å². The standard InChI is InChI=1S/C4H10O4S.C2H2O4/c1-3-7-9(5,6)8-4-2;3-1(4)2(5)6/h3-4H2,1-2H3;(H,3,4)(H,5,6). The third-order valence-corrected chi connectivity index (χ3v) is 1.76. The van der Waals surface area contributed by atoms with E-state index in [2.05, 4.69) is 8.37 Å². The Morgan fingerprint density at radius 3 is 1.40 bits per heavy atom. The average molecular weight is 244 g/mol. The summed E-state index contributed by atoms with van der Waals surface area (Å²) in [4.78, 5) is 18.2. The molecule has 0 aliphatic rings. The topological polar surface area (TPSA) is 127 Å². The third kappa shape index (κ3) is 12.8. The lowest BCUT2D eigenvalue weighted by Gasteiger charge is -1.99. The van der Waals surface area contributed by atoms with Gasteiger partial charge < -0.3 is 10.2 Å². The Balaban J connectivity index is 0. The summed E-state index contributed by atoms with van der Waals surface area (Å²) in [6.07, 6.45) is 0. The lowest BCUT2D eigenvalue weighted by Crippen LogP contribution is -2.09. The van der Waals surface area contributed by atoms with Gasteiger partial charge in [0.15, 0.2) is 0 Å². The first kappa shape index (κ1) is 16.2. The van der Waals surface area contributed by atoms with Gasteiger partial charge in [-0.2, -0.15) is 8.42 Å². The molecule has 9 heteroatoms. The summed E-state index contributed by atoms with van der Waals surface area (Å²) >= 11 is 0. The van der Waals surface area contributed by atoms with E-state index in [1.165, 1.54) is 0 Å². The van der Waals surface area contributed by atoms with Gasteiger partial charge in [0.1, 0.15) is 0 Å². The molecule has 0 fully saturated rings. The Morgan fingerprint density at radius 1 is 1.00 bits per heavy atom. The maximum Gasteiger partial charge on any atom is 0.414 e. The summed E-state index contributed by atoms with van der Waals surface area (Å²) < 4.78 is 29.2. The van der Waals surface area contributed by atoms with Gasteiger partial charge in [0.2, 0.25) is 0 Å². The lowest BCUT2D eigenvalue weighted by atomic mass is 10.7. The van der Waals surface area contributed by atoms with Gasteiger partial charge in [-0.25, -0.2) is 18.0 Å². The van der Waals surface area contributed by atoms with Crippen molar-refractivity contribution in [3.63, 3.8) is 0 Å². The molecule has 0 rings (SSSR count). The van der Waals surface area contributed by atoms with Gasteiger partial charge in [-0.05, 0) is 13.8 Å². The maximum absolute atomic E-state index is 10.4. The molecule has 0 spiro atoms. The van der Waals surface area contributed by atoms with E-state index >= 15 is 0 Å². The van der Waals surface area contributed by atoms with Crippen molar-refractivity contribution in [1.29, 1.82) is 0 Å². The quantitative estimate of drug-likeness (QED) is 0.631. The van der Waals surface area contributed by atoms with Crippen LogP contribution >= 0.6 is 0 Å². The summed E-state index contributed by atoms with van der Waals surface area (Å²) in [5.74, 6) is -3.65. The van der Waals surface area contributed by atoms with Crippen molar-refractivity contribution in [3.8, 4) is 0 Å². The second kappa shape index (κ2) is 8.15. The Hall–Kier alpha value is -1.19. The number of carbonyl (C=O) groups is 2. The highest BCUT2D eigenvalue weighted by Crippen LogP contribution is 1.93. The zero-order valence-electron chi connectivity index (χ0n) is 8.17. The zero-order chi connectivity index (χ0) is 12.5. The van der Waals surface area contributed by atoms with Crippen LogP contribution in [0.3, 0.4) is 0 Å². The second-order valence-corrected chi connectivity index (χ2v) is 3.12. The molecule has 0 heterocycles. The molecule has 2 N–H and O–H groups in total. The van der Waals surface area contributed by atoms with E-state index in [-0.39, 0.29) is 13.2 Å². The minimum absolute atomic E-state index is 0.113. The lowest BCUT2D eigenvalue weighted by molar-refractivity contribution is -0.159. The highest BCUT2D eigenvalue weighted by molar-refractivity contribution is 7.81. The summed E-state index contributed by atoms with van der Waals surface area (Å²) in [7, 11) is -3.68. The zero-order valence-corrected chi connectivity index (χ0v) is 8.98. The van der Waals surface area contributed by atoms with Crippen LogP contribution in [0.2, 0.25) is 0 Å². The summed E-state index contributed by atoms with van der Waals surface area (Å²) in [6, 6.07) is 0. The molecule has 0 aromatic rings. The highest BCUT2D eigenvalue weighted by Gasteiger charge is 2.07. The number of hydrogen-bond acceptors (Lipinski definition) is 6. The summed E-state index contributed by atoms with van der Waals surface area (Å²) in [5.41, 5.74) is 0. The molecule has 0 radical (unpaired) electrons. The van der Waals surface area contributed by atoms with Gasteiger partial charge in [-0.15, -0.1) is 0 Å². The molecule has 0 saturated heterocycles. The van der Waals surface area contributed by atoms with Crippen molar-refractivity contribution >= 4 is 22.3 Å². The van der Waals surface area contributed by atoms with E-state index in [1.807, 2.05) is 0 Å². The Labute approximate surface area is 86.8 Å². The molecule has 0 atom stereocenters. The van der Waals surface area contributed by atoms with Gasteiger partial charge in [0, 0.05) is 0 Å². The molecule has 0 aromatic heterocycles. The number of hydrogen-bond donors (Lipinski definition) is 2. The van der Waals surface area contributed by atoms with Gasteiger partial charge in [0.25, 0.3) is 0 Å². The molecule has 0 aliphatic heterocycles. The van der Waals surface area contributed by atoms with Crippen LogP contribution < -0.4 is 0 Å².